The zero-order chi connectivity index (χ0) is 13.1. The van der Waals surface area contributed by atoms with E-state index in [1.807, 2.05) is 0 Å². The lowest BCUT2D eigenvalue weighted by Gasteiger charge is -2.05. The summed E-state index contributed by atoms with van der Waals surface area (Å²) in [6, 6.07) is 6.08. The Bertz CT molecular complexity index is 579. The average Bonchev–Trinajstić information content (AvgIpc) is 2.86. The second-order valence-corrected chi connectivity index (χ2v) is 3.52. The molecule has 0 unspecified atom stereocenters. The standard InChI is InChI=1S/C11H11N3O4/c1-18-9-2-3-10(11(6-9)14(16)17)13-5-4-8(7-15)12-13/h2-6,15H,7H2,1H3. The van der Waals surface area contributed by atoms with Gasteiger partial charge in [-0.15, -0.1) is 0 Å². The summed E-state index contributed by atoms with van der Waals surface area (Å²) in [5.41, 5.74) is 0.655. The molecule has 0 fully saturated rings. The fraction of sp³-hybridized carbons (Fsp3) is 0.182. The highest BCUT2D eigenvalue weighted by atomic mass is 16.6. The van der Waals surface area contributed by atoms with Crippen molar-refractivity contribution < 1.29 is 14.8 Å². The zero-order valence-electron chi connectivity index (χ0n) is 9.61. The smallest absolute Gasteiger partial charge is 0.298 e. The molecule has 94 valence electrons. The maximum absolute atomic E-state index is 11.0. The average molecular weight is 249 g/mol. The van der Waals surface area contributed by atoms with Crippen molar-refractivity contribution in [3.8, 4) is 11.4 Å². The third-order valence-corrected chi connectivity index (χ3v) is 2.43. The van der Waals surface area contributed by atoms with Crippen LogP contribution in [0.3, 0.4) is 0 Å². The Balaban J connectivity index is 2.52. The Labute approximate surface area is 102 Å². The molecule has 0 bridgehead atoms. The normalized spacial score (nSPS) is 10.3. The first kappa shape index (κ1) is 12.1. The number of rotatable bonds is 4. The van der Waals surface area contributed by atoms with Gasteiger partial charge in [-0.3, -0.25) is 10.1 Å². The molecule has 1 N–H and O–H groups in total. The zero-order valence-corrected chi connectivity index (χ0v) is 9.61. The summed E-state index contributed by atoms with van der Waals surface area (Å²) in [5.74, 6) is 0.403. The molecule has 0 aliphatic carbocycles. The summed E-state index contributed by atoms with van der Waals surface area (Å²) in [5, 5.41) is 23.9. The van der Waals surface area contributed by atoms with Crippen LogP contribution in [0.4, 0.5) is 5.69 Å². The molecule has 2 rings (SSSR count). The van der Waals surface area contributed by atoms with Gasteiger partial charge >= 0.3 is 0 Å². The Morgan fingerprint density at radius 3 is 2.83 bits per heavy atom. The van der Waals surface area contributed by atoms with Crippen LogP contribution in [-0.4, -0.2) is 26.9 Å². The molecular formula is C11H11N3O4. The first-order valence-electron chi connectivity index (χ1n) is 5.14. The SMILES string of the molecule is COc1ccc(-n2ccc(CO)n2)c([N+](=O)[O-])c1. The molecule has 0 atom stereocenters. The molecule has 1 aromatic carbocycles. The number of aliphatic hydroxyl groups excluding tert-OH is 1. The number of aromatic nitrogens is 2. The number of nitro groups is 1. The van der Waals surface area contributed by atoms with Crippen LogP contribution in [0.15, 0.2) is 30.5 Å². The topological polar surface area (TPSA) is 90.4 Å². The molecule has 0 radical (unpaired) electrons. The van der Waals surface area contributed by atoms with E-state index in [2.05, 4.69) is 5.10 Å². The highest BCUT2D eigenvalue weighted by molar-refractivity contribution is 5.55. The van der Waals surface area contributed by atoms with E-state index >= 15 is 0 Å². The van der Waals surface area contributed by atoms with Crippen molar-refractivity contribution >= 4 is 5.69 Å². The van der Waals surface area contributed by atoms with Crippen molar-refractivity contribution in [2.75, 3.05) is 7.11 Å². The second-order valence-electron chi connectivity index (χ2n) is 3.52. The van der Waals surface area contributed by atoms with Crippen LogP contribution in [0.25, 0.3) is 5.69 Å². The van der Waals surface area contributed by atoms with Crippen molar-refractivity contribution in [2.24, 2.45) is 0 Å². The van der Waals surface area contributed by atoms with Crippen molar-refractivity contribution in [1.29, 1.82) is 0 Å². The molecular weight excluding hydrogens is 238 g/mol. The van der Waals surface area contributed by atoms with Crippen molar-refractivity contribution in [1.82, 2.24) is 9.78 Å². The molecule has 0 saturated carbocycles. The van der Waals surface area contributed by atoms with E-state index in [0.29, 0.717) is 17.1 Å². The van der Waals surface area contributed by atoms with Gasteiger partial charge in [0.1, 0.15) is 11.4 Å². The van der Waals surface area contributed by atoms with Gasteiger partial charge in [0.25, 0.3) is 5.69 Å². The van der Waals surface area contributed by atoms with E-state index in [1.54, 1.807) is 24.4 Å². The van der Waals surface area contributed by atoms with Crippen LogP contribution in [-0.2, 0) is 6.61 Å². The highest BCUT2D eigenvalue weighted by Crippen LogP contribution is 2.27. The lowest BCUT2D eigenvalue weighted by molar-refractivity contribution is -0.384. The van der Waals surface area contributed by atoms with Gasteiger partial charge in [0.05, 0.1) is 30.4 Å². The molecule has 7 heteroatoms. The Hall–Kier alpha value is -2.41. The summed E-state index contributed by atoms with van der Waals surface area (Å²) in [7, 11) is 1.44. The molecule has 0 saturated heterocycles. The van der Waals surface area contributed by atoms with Gasteiger partial charge in [0.2, 0.25) is 0 Å². The van der Waals surface area contributed by atoms with Crippen LogP contribution in [0.2, 0.25) is 0 Å². The number of aliphatic hydroxyl groups is 1. The molecule has 0 aliphatic heterocycles. The quantitative estimate of drug-likeness (QED) is 0.651. The number of nitrogens with zero attached hydrogens (tertiary/aromatic N) is 3. The summed E-state index contributed by atoms with van der Waals surface area (Å²) >= 11 is 0. The molecule has 0 aliphatic rings. The van der Waals surface area contributed by atoms with E-state index in [9.17, 15) is 10.1 Å². The first-order chi connectivity index (χ1) is 8.65. The van der Waals surface area contributed by atoms with Gasteiger partial charge in [-0.05, 0) is 18.2 Å². The van der Waals surface area contributed by atoms with E-state index in [1.165, 1.54) is 17.9 Å². The van der Waals surface area contributed by atoms with Crippen LogP contribution in [0.5, 0.6) is 5.75 Å². The van der Waals surface area contributed by atoms with Crippen LogP contribution < -0.4 is 4.74 Å². The highest BCUT2D eigenvalue weighted by Gasteiger charge is 2.17. The molecule has 1 heterocycles. The number of nitro benzene ring substituents is 1. The summed E-state index contributed by atoms with van der Waals surface area (Å²) in [6.45, 7) is -0.211. The van der Waals surface area contributed by atoms with Crippen molar-refractivity contribution in [3.05, 3.63) is 46.3 Å². The predicted molar refractivity (Wildman–Crippen MR) is 62.7 cm³/mol. The monoisotopic (exact) mass is 249 g/mol. The Kier molecular flexibility index (Phi) is 3.24. The van der Waals surface area contributed by atoms with Gasteiger partial charge in [0.15, 0.2) is 0 Å². The second kappa shape index (κ2) is 4.84. The van der Waals surface area contributed by atoms with Gasteiger partial charge in [0, 0.05) is 6.20 Å². The molecule has 7 nitrogen and oxygen atoms in total. The number of ether oxygens (including phenoxy) is 1. The van der Waals surface area contributed by atoms with E-state index < -0.39 is 4.92 Å². The number of benzene rings is 1. The van der Waals surface area contributed by atoms with Crippen LogP contribution in [0.1, 0.15) is 5.69 Å². The van der Waals surface area contributed by atoms with Gasteiger partial charge < -0.3 is 9.84 Å². The first-order valence-corrected chi connectivity index (χ1v) is 5.14. The van der Waals surface area contributed by atoms with Crippen molar-refractivity contribution in [3.63, 3.8) is 0 Å². The van der Waals surface area contributed by atoms with Crippen LogP contribution in [0, 0.1) is 10.1 Å². The van der Waals surface area contributed by atoms with Gasteiger partial charge in [-0.25, -0.2) is 4.68 Å². The number of hydrogen-bond acceptors (Lipinski definition) is 5. The maximum atomic E-state index is 11.0. The predicted octanol–water partition coefficient (Wildman–Crippen LogP) is 1.28. The van der Waals surface area contributed by atoms with E-state index in [4.69, 9.17) is 9.84 Å². The van der Waals surface area contributed by atoms with Gasteiger partial charge in [-0.2, -0.15) is 5.10 Å². The minimum Gasteiger partial charge on any atom is -0.496 e. The number of hydrogen-bond donors (Lipinski definition) is 1. The molecule has 0 spiro atoms. The number of methoxy groups -OCH3 is 1. The van der Waals surface area contributed by atoms with E-state index in [0.717, 1.165) is 0 Å². The lowest BCUT2D eigenvalue weighted by Crippen LogP contribution is -2.02. The van der Waals surface area contributed by atoms with Crippen molar-refractivity contribution in [2.45, 2.75) is 6.61 Å². The minimum absolute atomic E-state index is 0.109. The Morgan fingerprint density at radius 2 is 2.28 bits per heavy atom. The minimum atomic E-state index is -0.502. The molecule has 0 amide bonds. The molecule has 1 aromatic heterocycles. The lowest BCUT2D eigenvalue weighted by atomic mass is 10.2. The van der Waals surface area contributed by atoms with Crippen LogP contribution >= 0.6 is 0 Å². The third kappa shape index (κ3) is 2.16. The molecule has 18 heavy (non-hydrogen) atoms. The van der Waals surface area contributed by atoms with E-state index in [-0.39, 0.29) is 12.3 Å². The summed E-state index contributed by atoms with van der Waals surface area (Å²) in [4.78, 5) is 10.5. The third-order valence-electron chi connectivity index (χ3n) is 2.43. The van der Waals surface area contributed by atoms with Gasteiger partial charge in [-0.1, -0.05) is 0 Å². The summed E-state index contributed by atoms with van der Waals surface area (Å²) in [6.07, 6.45) is 1.56. The fourth-order valence-electron chi connectivity index (χ4n) is 1.55. The Morgan fingerprint density at radius 1 is 1.50 bits per heavy atom. The summed E-state index contributed by atoms with van der Waals surface area (Å²) < 4.78 is 6.30. The fourth-order valence-corrected chi connectivity index (χ4v) is 1.55. The maximum Gasteiger partial charge on any atom is 0.298 e. The molecule has 2 aromatic rings. The largest absolute Gasteiger partial charge is 0.496 e.